The van der Waals surface area contributed by atoms with Crippen LogP contribution in [0.3, 0.4) is 0 Å². The number of ether oxygens (including phenoxy) is 2. The molecule has 0 spiro atoms. The van der Waals surface area contributed by atoms with Gasteiger partial charge in [0.2, 0.25) is 17.0 Å². The molecule has 11 N–H and O–H groups in total. The Balaban J connectivity index is 1.83. The second-order valence-electron chi connectivity index (χ2n) is 9.86. The molecule has 1 aromatic heterocycles. The molecule has 5 atom stereocenters. The standard InChI is InChI=1S/C28H24O16/c29-8-18-21(37)23(39)27(41)28(43-18,26(40)10-4-15(34)20(36)16(35)5-10)44-25-22(38)19-14(33)6-11(30)7-17(19)42-24(25)9-1-2-12(31)13(32)3-9/h1-7,18,21,23,27,29-37,39,41H,8H2. The number of fused-ring (bicyclic) bond motifs is 1. The molecule has 2 heterocycles. The van der Waals surface area contributed by atoms with Crippen LogP contribution < -0.4 is 10.2 Å². The number of carbonyl (C=O) groups excluding carboxylic acids is 1. The topological polar surface area (TPSA) is 288 Å². The van der Waals surface area contributed by atoms with Gasteiger partial charge in [0.15, 0.2) is 40.6 Å². The summed E-state index contributed by atoms with van der Waals surface area (Å²) in [5.41, 5.74) is -2.67. The molecule has 44 heavy (non-hydrogen) atoms. The van der Waals surface area contributed by atoms with Gasteiger partial charge in [0.1, 0.15) is 40.8 Å². The third kappa shape index (κ3) is 4.72. The number of aliphatic hydroxyl groups is 4. The van der Waals surface area contributed by atoms with Crippen molar-refractivity contribution in [1.82, 2.24) is 0 Å². The summed E-state index contributed by atoms with van der Waals surface area (Å²) < 4.78 is 17.0. The van der Waals surface area contributed by atoms with Crippen molar-refractivity contribution in [3.63, 3.8) is 0 Å². The normalized spacial score (nSPS) is 23.5. The van der Waals surface area contributed by atoms with Crippen molar-refractivity contribution in [2.45, 2.75) is 30.2 Å². The number of ketones is 1. The van der Waals surface area contributed by atoms with E-state index in [1.165, 1.54) is 0 Å². The van der Waals surface area contributed by atoms with Crippen LogP contribution >= 0.6 is 0 Å². The van der Waals surface area contributed by atoms with Crippen LogP contribution in [-0.2, 0) is 4.74 Å². The van der Waals surface area contributed by atoms with E-state index in [1.807, 2.05) is 0 Å². The molecule has 0 bridgehead atoms. The van der Waals surface area contributed by atoms with Gasteiger partial charge in [0.25, 0.3) is 0 Å². The Bertz CT molecular complexity index is 1820. The highest BCUT2D eigenvalue weighted by molar-refractivity contribution is 6.03. The van der Waals surface area contributed by atoms with Crippen molar-refractivity contribution in [2.24, 2.45) is 0 Å². The zero-order valence-corrected chi connectivity index (χ0v) is 22.0. The molecule has 0 amide bonds. The number of Topliss-reactive ketones (excluding diaryl/α,β-unsaturated/α-hetero) is 1. The number of phenols is 7. The van der Waals surface area contributed by atoms with E-state index in [1.54, 1.807) is 0 Å². The number of carbonyl (C=O) groups is 1. The highest BCUT2D eigenvalue weighted by Crippen LogP contribution is 2.43. The second kappa shape index (κ2) is 10.8. The van der Waals surface area contributed by atoms with Crippen molar-refractivity contribution in [3.05, 3.63) is 58.3 Å². The Morgan fingerprint density at radius 2 is 1.48 bits per heavy atom. The Hall–Kier alpha value is -5.26. The minimum absolute atomic E-state index is 0.218. The number of rotatable bonds is 6. The fourth-order valence-electron chi connectivity index (χ4n) is 4.76. The molecule has 0 aliphatic carbocycles. The highest BCUT2D eigenvalue weighted by Gasteiger charge is 2.61. The minimum atomic E-state index is -3.30. The smallest absolute Gasteiger partial charge is 0.305 e. The molecule has 5 unspecified atom stereocenters. The molecule has 0 saturated carbocycles. The summed E-state index contributed by atoms with van der Waals surface area (Å²) in [6, 6.07) is 5.92. The van der Waals surface area contributed by atoms with Crippen LogP contribution in [0.25, 0.3) is 22.3 Å². The van der Waals surface area contributed by atoms with E-state index in [-0.39, 0.29) is 5.56 Å². The van der Waals surface area contributed by atoms with Gasteiger partial charge in [-0.15, -0.1) is 0 Å². The van der Waals surface area contributed by atoms with Gasteiger partial charge < -0.3 is 70.1 Å². The molecule has 5 rings (SSSR count). The third-order valence-electron chi connectivity index (χ3n) is 7.01. The first kappa shape index (κ1) is 30.2. The summed E-state index contributed by atoms with van der Waals surface area (Å²) in [5, 5.41) is 112. The fourth-order valence-corrected chi connectivity index (χ4v) is 4.76. The van der Waals surface area contributed by atoms with Crippen LogP contribution in [-0.4, -0.2) is 98.8 Å². The first-order chi connectivity index (χ1) is 20.7. The summed E-state index contributed by atoms with van der Waals surface area (Å²) in [6.45, 7) is -1.08. The number of phenolic OH excluding ortho intramolecular Hbond substituents is 7. The van der Waals surface area contributed by atoms with E-state index in [0.717, 1.165) is 30.3 Å². The number of aromatic hydroxyl groups is 7. The van der Waals surface area contributed by atoms with Crippen LogP contribution in [0.4, 0.5) is 0 Å². The number of benzene rings is 3. The molecule has 232 valence electrons. The van der Waals surface area contributed by atoms with Gasteiger partial charge in [-0.3, -0.25) is 9.59 Å². The Morgan fingerprint density at radius 1 is 0.818 bits per heavy atom. The zero-order chi connectivity index (χ0) is 32.2. The van der Waals surface area contributed by atoms with Gasteiger partial charge in [-0.25, -0.2) is 0 Å². The number of hydrogen-bond donors (Lipinski definition) is 11. The molecule has 1 aliphatic rings. The molecule has 1 aliphatic heterocycles. The van der Waals surface area contributed by atoms with Crippen LogP contribution in [0.2, 0.25) is 0 Å². The average Bonchev–Trinajstić information content (AvgIpc) is 2.97. The monoisotopic (exact) mass is 616 g/mol. The van der Waals surface area contributed by atoms with Gasteiger partial charge in [-0.2, -0.15) is 0 Å². The molecular weight excluding hydrogens is 592 g/mol. The van der Waals surface area contributed by atoms with Gasteiger partial charge in [-0.1, -0.05) is 0 Å². The van der Waals surface area contributed by atoms with Crippen molar-refractivity contribution >= 4 is 16.8 Å². The molecule has 0 radical (unpaired) electrons. The quantitative estimate of drug-likeness (QED) is 0.0990. The minimum Gasteiger partial charge on any atom is -0.508 e. The molecular formula is C28H24O16. The maximum absolute atomic E-state index is 14.0. The zero-order valence-electron chi connectivity index (χ0n) is 22.0. The van der Waals surface area contributed by atoms with E-state index >= 15 is 0 Å². The predicted octanol–water partition coefficient (Wildman–Crippen LogP) is -0.169. The molecule has 16 heteroatoms. The lowest BCUT2D eigenvalue weighted by atomic mass is 9.87. The maximum Gasteiger partial charge on any atom is 0.305 e. The van der Waals surface area contributed by atoms with Crippen LogP contribution in [0.5, 0.6) is 46.0 Å². The van der Waals surface area contributed by atoms with Gasteiger partial charge >= 0.3 is 5.79 Å². The van der Waals surface area contributed by atoms with E-state index in [9.17, 15) is 65.8 Å². The molecule has 4 aromatic rings. The lowest BCUT2D eigenvalue weighted by Crippen LogP contribution is -2.70. The van der Waals surface area contributed by atoms with Crippen molar-refractivity contribution in [1.29, 1.82) is 0 Å². The average molecular weight is 616 g/mol. The number of aliphatic hydroxyl groups excluding tert-OH is 4. The maximum atomic E-state index is 14.0. The predicted molar refractivity (Wildman–Crippen MR) is 144 cm³/mol. The van der Waals surface area contributed by atoms with Crippen molar-refractivity contribution in [3.8, 4) is 57.3 Å². The van der Waals surface area contributed by atoms with E-state index in [0.29, 0.717) is 12.1 Å². The second-order valence-corrected chi connectivity index (χ2v) is 9.86. The molecule has 1 saturated heterocycles. The fraction of sp³-hybridized carbons (Fsp3) is 0.214. The SMILES string of the molecule is O=C(c1cc(O)c(O)c(O)c1)C1(Oc2c(-c3ccc(O)c(O)c3)oc3cc(O)cc(O)c3c2=O)OC(CO)C(O)C(O)C1O. The summed E-state index contributed by atoms with van der Waals surface area (Å²) in [4.78, 5) is 27.9. The first-order valence-corrected chi connectivity index (χ1v) is 12.6. The third-order valence-corrected chi connectivity index (χ3v) is 7.01. The molecule has 1 fully saturated rings. The van der Waals surface area contributed by atoms with E-state index in [4.69, 9.17) is 13.9 Å². The van der Waals surface area contributed by atoms with Crippen LogP contribution in [0.15, 0.2) is 51.7 Å². The van der Waals surface area contributed by atoms with Crippen LogP contribution in [0.1, 0.15) is 10.4 Å². The summed E-state index contributed by atoms with van der Waals surface area (Å²) >= 11 is 0. The van der Waals surface area contributed by atoms with Gasteiger partial charge in [0.05, 0.1) is 6.61 Å². The van der Waals surface area contributed by atoms with Crippen molar-refractivity contribution < 1.29 is 74.9 Å². The summed E-state index contributed by atoms with van der Waals surface area (Å²) in [5.74, 6) is -12.3. The van der Waals surface area contributed by atoms with Gasteiger partial charge in [0, 0.05) is 23.3 Å². The first-order valence-electron chi connectivity index (χ1n) is 12.6. The Kier molecular flexibility index (Phi) is 7.40. The summed E-state index contributed by atoms with van der Waals surface area (Å²) in [6.07, 6.45) is -8.77. The summed E-state index contributed by atoms with van der Waals surface area (Å²) in [7, 11) is 0. The van der Waals surface area contributed by atoms with Crippen LogP contribution in [0, 0.1) is 0 Å². The Labute approximate surface area is 244 Å². The largest absolute Gasteiger partial charge is 0.508 e. The van der Waals surface area contributed by atoms with E-state index < -0.39 is 116 Å². The van der Waals surface area contributed by atoms with Crippen molar-refractivity contribution in [2.75, 3.05) is 6.61 Å². The lowest BCUT2D eigenvalue weighted by Gasteiger charge is -2.46. The highest BCUT2D eigenvalue weighted by atomic mass is 16.7. The van der Waals surface area contributed by atoms with Gasteiger partial charge in [-0.05, 0) is 30.3 Å². The molecule has 3 aromatic carbocycles. The lowest BCUT2D eigenvalue weighted by molar-refractivity contribution is -0.312. The Morgan fingerprint density at radius 3 is 2.09 bits per heavy atom. The number of hydrogen-bond acceptors (Lipinski definition) is 16. The molecule has 16 nitrogen and oxygen atoms in total. The van der Waals surface area contributed by atoms with E-state index in [2.05, 4.69) is 0 Å².